The summed E-state index contributed by atoms with van der Waals surface area (Å²) in [5, 5.41) is 2.39. The second kappa shape index (κ2) is 12.1. The maximum absolute atomic E-state index is 11.2. The van der Waals surface area contributed by atoms with Gasteiger partial charge in [-0.05, 0) is 12.5 Å². The average molecular weight is 255 g/mol. The van der Waals surface area contributed by atoms with Gasteiger partial charge in [0.15, 0.2) is 6.73 Å². The number of carbonyl (C=O) groups is 2. The fourth-order valence-electron chi connectivity index (χ4n) is 1.56. The van der Waals surface area contributed by atoms with Gasteiger partial charge in [-0.1, -0.05) is 52.0 Å². The van der Waals surface area contributed by atoms with Gasteiger partial charge in [0, 0.05) is 6.42 Å². The van der Waals surface area contributed by atoms with E-state index < -0.39 is 0 Å². The second-order valence-electron chi connectivity index (χ2n) is 4.28. The van der Waals surface area contributed by atoms with Crippen LogP contribution in [0.1, 0.15) is 58.3 Å². The van der Waals surface area contributed by atoms with Crippen molar-refractivity contribution in [1.29, 1.82) is 0 Å². The van der Waals surface area contributed by atoms with E-state index in [-0.39, 0.29) is 18.6 Å². The molecule has 0 aliphatic heterocycles. The summed E-state index contributed by atoms with van der Waals surface area (Å²) < 4.78 is 4.84. The Kier molecular flexibility index (Phi) is 11.3. The number of esters is 1. The number of hydrogen-bond acceptors (Lipinski definition) is 3. The van der Waals surface area contributed by atoms with Gasteiger partial charge in [-0.15, -0.1) is 0 Å². The van der Waals surface area contributed by atoms with Crippen molar-refractivity contribution in [3.05, 3.63) is 12.7 Å². The van der Waals surface area contributed by atoms with Crippen LogP contribution < -0.4 is 5.32 Å². The normalized spacial score (nSPS) is 9.83. The Morgan fingerprint density at radius 3 is 2.33 bits per heavy atom. The number of ether oxygens (including phenoxy) is 1. The molecule has 0 saturated carbocycles. The Morgan fingerprint density at radius 2 is 1.72 bits per heavy atom. The Bertz CT molecular complexity index is 251. The standard InChI is InChI=1S/C14H25NO3/c1-3-5-6-7-8-9-10-11-14(17)18-12-15-13(16)4-2/h4H,2-3,5-12H2,1H3,(H,15,16). The quantitative estimate of drug-likeness (QED) is 0.267. The molecule has 0 aliphatic carbocycles. The molecule has 1 N–H and O–H groups in total. The molecule has 4 heteroatoms. The molecule has 0 radical (unpaired) electrons. The van der Waals surface area contributed by atoms with Gasteiger partial charge in [-0.3, -0.25) is 9.59 Å². The van der Waals surface area contributed by atoms with E-state index in [1.54, 1.807) is 0 Å². The lowest BCUT2D eigenvalue weighted by molar-refractivity contribution is -0.145. The molecule has 0 rings (SSSR count). The maximum Gasteiger partial charge on any atom is 0.307 e. The van der Waals surface area contributed by atoms with Crippen LogP contribution in [-0.2, 0) is 14.3 Å². The van der Waals surface area contributed by atoms with Crippen molar-refractivity contribution < 1.29 is 14.3 Å². The highest BCUT2D eigenvalue weighted by atomic mass is 16.5. The summed E-state index contributed by atoms with van der Waals surface area (Å²) in [6, 6.07) is 0. The molecule has 0 fully saturated rings. The first-order chi connectivity index (χ1) is 8.70. The zero-order valence-corrected chi connectivity index (χ0v) is 11.4. The van der Waals surface area contributed by atoms with Gasteiger partial charge in [0.05, 0.1) is 0 Å². The van der Waals surface area contributed by atoms with Crippen LogP contribution >= 0.6 is 0 Å². The zero-order valence-electron chi connectivity index (χ0n) is 11.4. The molecular formula is C14H25NO3. The first kappa shape index (κ1) is 16.7. The van der Waals surface area contributed by atoms with Crippen LogP contribution in [0.5, 0.6) is 0 Å². The first-order valence-electron chi connectivity index (χ1n) is 6.76. The largest absolute Gasteiger partial charge is 0.444 e. The lowest BCUT2D eigenvalue weighted by Gasteiger charge is -2.05. The lowest BCUT2D eigenvalue weighted by atomic mass is 10.1. The van der Waals surface area contributed by atoms with Crippen LogP contribution in [0.2, 0.25) is 0 Å². The molecular weight excluding hydrogens is 230 g/mol. The van der Waals surface area contributed by atoms with Crippen LogP contribution in [-0.4, -0.2) is 18.6 Å². The number of hydrogen-bond donors (Lipinski definition) is 1. The summed E-state index contributed by atoms with van der Waals surface area (Å²) in [7, 11) is 0. The Balaban J connectivity index is 3.26. The van der Waals surface area contributed by atoms with Crippen LogP contribution in [0, 0.1) is 0 Å². The van der Waals surface area contributed by atoms with Crippen molar-refractivity contribution in [1.82, 2.24) is 5.32 Å². The predicted molar refractivity (Wildman–Crippen MR) is 71.9 cm³/mol. The van der Waals surface area contributed by atoms with Crippen LogP contribution in [0.25, 0.3) is 0 Å². The summed E-state index contributed by atoms with van der Waals surface area (Å²) >= 11 is 0. The molecule has 0 spiro atoms. The highest BCUT2D eigenvalue weighted by molar-refractivity contribution is 5.86. The second-order valence-corrected chi connectivity index (χ2v) is 4.28. The Hall–Kier alpha value is -1.32. The molecule has 0 aromatic rings. The van der Waals surface area contributed by atoms with Gasteiger partial charge in [0.25, 0.3) is 0 Å². The van der Waals surface area contributed by atoms with E-state index in [2.05, 4.69) is 18.8 Å². The minimum absolute atomic E-state index is 0.0693. The molecule has 104 valence electrons. The SMILES string of the molecule is C=CC(=O)NCOC(=O)CCCCCCCCC. The molecule has 0 aliphatic rings. The molecule has 4 nitrogen and oxygen atoms in total. The molecule has 0 aromatic carbocycles. The molecule has 0 atom stereocenters. The van der Waals surface area contributed by atoms with E-state index >= 15 is 0 Å². The molecule has 18 heavy (non-hydrogen) atoms. The monoisotopic (exact) mass is 255 g/mol. The van der Waals surface area contributed by atoms with Gasteiger partial charge in [-0.25, -0.2) is 0 Å². The van der Waals surface area contributed by atoms with Crippen LogP contribution in [0.3, 0.4) is 0 Å². The molecule has 0 unspecified atom stereocenters. The minimum Gasteiger partial charge on any atom is -0.444 e. The number of amides is 1. The van der Waals surface area contributed by atoms with Crippen molar-refractivity contribution >= 4 is 11.9 Å². The Morgan fingerprint density at radius 1 is 1.11 bits per heavy atom. The topological polar surface area (TPSA) is 55.4 Å². The van der Waals surface area contributed by atoms with E-state index in [9.17, 15) is 9.59 Å². The highest BCUT2D eigenvalue weighted by Crippen LogP contribution is 2.08. The van der Waals surface area contributed by atoms with Crippen LogP contribution in [0.4, 0.5) is 0 Å². The van der Waals surface area contributed by atoms with Crippen LogP contribution in [0.15, 0.2) is 12.7 Å². The lowest BCUT2D eigenvalue weighted by Crippen LogP contribution is -2.25. The van der Waals surface area contributed by atoms with E-state index in [0.29, 0.717) is 6.42 Å². The number of carbonyl (C=O) groups excluding carboxylic acids is 2. The third-order valence-electron chi connectivity index (χ3n) is 2.65. The Labute approximate surface area is 110 Å². The van der Waals surface area contributed by atoms with E-state index in [1.165, 1.54) is 32.1 Å². The molecule has 0 heterocycles. The fraction of sp³-hybridized carbons (Fsp3) is 0.714. The predicted octanol–water partition coefficient (Wildman–Crippen LogP) is 2.93. The third-order valence-corrected chi connectivity index (χ3v) is 2.65. The smallest absolute Gasteiger partial charge is 0.307 e. The molecule has 0 saturated heterocycles. The third kappa shape index (κ3) is 11.2. The minimum atomic E-state index is -0.335. The van der Waals surface area contributed by atoms with E-state index in [4.69, 9.17) is 4.74 Å². The van der Waals surface area contributed by atoms with Gasteiger partial charge in [-0.2, -0.15) is 0 Å². The van der Waals surface area contributed by atoms with Crippen molar-refractivity contribution in [3.63, 3.8) is 0 Å². The molecule has 1 amide bonds. The number of rotatable bonds is 11. The van der Waals surface area contributed by atoms with Gasteiger partial charge in [0.1, 0.15) is 0 Å². The van der Waals surface area contributed by atoms with Gasteiger partial charge in [0.2, 0.25) is 5.91 Å². The van der Waals surface area contributed by atoms with Crippen molar-refractivity contribution in [2.45, 2.75) is 58.3 Å². The average Bonchev–Trinajstić information content (AvgIpc) is 2.37. The number of nitrogens with one attached hydrogen (secondary N) is 1. The summed E-state index contributed by atoms with van der Waals surface area (Å²) in [5.41, 5.74) is 0. The highest BCUT2D eigenvalue weighted by Gasteiger charge is 2.02. The maximum atomic E-state index is 11.2. The summed E-state index contributed by atoms with van der Waals surface area (Å²) in [5.74, 6) is -0.591. The summed E-state index contributed by atoms with van der Waals surface area (Å²) in [6.07, 6.45) is 9.77. The van der Waals surface area contributed by atoms with Gasteiger partial charge >= 0.3 is 5.97 Å². The van der Waals surface area contributed by atoms with E-state index in [1.807, 2.05) is 0 Å². The van der Waals surface area contributed by atoms with Crippen molar-refractivity contribution in [2.75, 3.05) is 6.73 Å². The van der Waals surface area contributed by atoms with E-state index in [0.717, 1.165) is 18.9 Å². The summed E-state index contributed by atoms with van der Waals surface area (Å²) in [4.78, 5) is 22.0. The fourth-order valence-corrected chi connectivity index (χ4v) is 1.56. The molecule has 0 aromatic heterocycles. The van der Waals surface area contributed by atoms with Crippen molar-refractivity contribution in [3.8, 4) is 0 Å². The number of unbranched alkanes of at least 4 members (excludes halogenated alkanes) is 6. The van der Waals surface area contributed by atoms with Crippen molar-refractivity contribution in [2.24, 2.45) is 0 Å². The molecule has 0 bridgehead atoms. The van der Waals surface area contributed by atoms with Gasteiger partial charge < -0.3 is 10.1 Å². The first-order valence-corrected chi connectivity index (χ1v) is 6.76. The summed E-state index contributed by atoms with van der Waals surface area (Å²) in [6.45, 7) is 5.42. The zero-order chi connectivity index (χ0) is 13.6.